The summed E-state index contributed by atoms with van der Waals surface area (Å²) in [7, 11) is 0. The smallest absolute Gasteiger partial charge is 0.263 e. The number of imidazole rings is 1. The van der Waals surface area contributed by atoms with Crippen molar-refractivity contribution >= 4 is 55.9 Å². The van der Waals surface area contributed by atoms with E-state index in [9.17, 15) is 4.79 Å². The van der Waals surface area contributed by atoms with Crippen molar-refractivity contribution in [2.45, 2.75) is 17.6 Å². The molecule has 0 saturated heterocycles. The van der Waals surface area contributed by atoms with Crippen LogP contribution in [0.4, 0.5) is 5.69 Å². The Bertz CT molecular complexity index is 1190. The molecule has 3 heterocycles. The number of nitrogens with zero attached hydrogens (tertiary/aromatic N) is 5. The Balaban J connectivity index is 1.53. The number of rotatable bonds is 2. The van der Waals surface area contributed by atoms with Gasteiger partial charge in [-0.2, -0.15) is 10.2 Å². The third kappa shape index (κ3) is 2.37. The average Bonchev–Trinajstić information content (AvgIpc) is 3.27. The standard InChI is InChI=1S/C18H13N5OS2/c1-18(22-21-11-6-7-13-15(8-11)26-10-19-13)9-25-17-20-12-4-2-3-5-14(12)23(17)16(18)24/h2-8,10H,9H2,1H3. The summed E-state index contributed by atoms with van der Waals surface area (Å²) in [6.07, 6.45) is 0. The van der Waals surface area contributed by atoms with Crippen LogP contribution >= 0.6 is 23.1 Å². The van der Waals surface area contributed by atoms with Crippen LogP contribution in [0.25, 0.3) is 21.3 Å². The van der Waals surface area contributed by atoms with Crippen molar-refractivity contribution in [1.82, 2.24) is 14.5 Å². The maximum Gasteiger partial charge on any atom is 0.263 e. The van der Waals surface area contributed by atoms with Gasteiger partial charge < -0.3 is 0 Å². The van der Waals surface area contributed by atoms with Crippen molar-refractivity contribution in [1.29, 1.82) is 0 Å². The maximum atomic E-state index is 13.2. The topological polar surface area (TPSA) is 72.5 Å². The minimum absolute atomic E-state index is 0.0948. The summed E-state index contributed by atoms with van der Waals surface area (Å²) in [4.78, 5) is 22.0. The van der Waals surface area contributed by atoms with E-state index in [4.69, 9.17) is 0 Å². The predicted molar refractivity (Wildman–Crippen MR) is 104 cm³/mol. The van der Waals surface area contributed by atoms with E-state index in [-0.39, 0.29) is 5.91 Å². The Labute approximate surface area is 157 Å². The maximum absolute atomic E-state index is 13.2. The molecule has 1 aliphatic heterocycles. The van der Waals surface area contributed by atoms with E-state index >= 15 is 0 Å². The van der Waals surface area contributed by atoms with E-state index in [1.54, 1.807) is 21.4 Å². The highest BCUT2D eigenvalue weighted by Gasteiger charge is 2.41. The molecule has 0 saturated carbocycles. The van der Waals surface area contributed by atoms with Gasteiger partial charge in [-0.15, -0.1) is 11.3 Å². The molecular weight excluding hydrogens is 366 g/mol. The summed E-state index contributed by atoms with van der Waals surface area (Å²) in [6, 6.07) is 13.4. The zero-order chi connectivity index (χ0) is 17.7. The number of carbonyl (C=O) groups excluding carboxylic acids is 1. The van der Waals surface area contributed by atoms with Crippen LogP contribution in [0, 0.1) is 0 Å². The Hall–Kier alpha value is -2.58. The highest BCUT2D eigenvalue weighted by atomic mass is 32.2. The van der Waals surface area contributed by atoms with Gasteiger partial charge in [0, 0.05) is 5.75 Å². The Morgan fingerprint density at radius 2 is 2.08 bits per heavy atom. The molecule has 1 atom stereocenters. The minimum Gasteiger partial charge on any atom is -0.271 e. The molecule has 1 aliphatic rings. The van der Waals surface area contributed by atoms with Gasteiger partial charge in [0.1, 0.15) is 0 Å². The third-order valence-corrected chi connectivity index (χ3v) is 6.41. The zero-order valence-electron chi connectivity index (χ0n) is 13.8. The molecule has 4 aromatic rings. The molecule has 0 radical (unpaired) electrons. The first-order valence-corrected chi connectivity index (χ1v) is 9.92. The highest BCUT2D eigenvalue weighted by molar-refractivity contribution is 7.99. The highest BCUT2D eigenvalue weighted by Crippen LogP contribution is 2.36. The Morgan fingerprint density at radius 1 is 1.19 bits per heavy atom. The lowest BCUT2D eigenvalue weighted by molar-refractivity contribution is 0.0816. The lowest BCUT2D eigenvalue weighted by Crippen LogP contribution is -2.42. The molecule has 0 N–H and O–H groups in total. The van der Waals surface area contributed by atoms with Crippen LogP contribution in [0.3, 0.4) is 0 Å². The van der Waals surface area contributed by atoms with E-state index in [0.717, 1.165) is 32.1 Å². The van der Waals surface area contributed by atoms with Crippen molar-refractivity contribution in [3.05, 3.63) is 48.0 Å². The average molecular weight is 379 g/mol. The minimum atomic E-state index is -0.927. The Kier molecular flexibility index (Phi) is 3.44. The van der Waals surface area contributed by atoms with Crippen LogP contribution in [0.1, 0.15) is 11.7 Å². The lowest BCUT2D eigenvalue weighted by atomic mass is 10.1. The van der Waals surface area contributed by atoms with Gasteiger partial charge >= 0.3 is 0 Å². The normalized spacial score (nSPS) is 20.3. The van der Waals surface area contributed by atoms with Gasteiger partial charge in [-0.3, -0.25) is 9.36 Å². The molecule has 26 heavy (non-hydrogen) atoms. The van der Waals surface area contributed by atoms with Gasteiger partial charge in [-0.1, -0.05) is 23.9 Å². The van der Waals surface area contributed by atoms with Gasteiger partial charge in [-0.25, -0.2) is 9.97 Å². The number of carbonyl (C=O) groups is 1. The van der Waals surface area contributed by atoms with E-state index in [2.05, 4.69) is 20.2 Å². The van der Waals surface area contributed by atoms with E-state index in [1.807, 2.05) is 49.4 Å². The summed E-state index contributed by atoms with van der Waals surface area (Å²) in [5.41, 5.74) is 4.18. The number of azo groups is 1. The molecule has 0 fully saturated rings. The summed E-state index contributed by atoms with van der Waals surface area (Å²) in [6.45, 7) is 1.83. The second-order valence-electron chi connectivity index (χ2n) is 6.29. The lowest BCUT2D eigenvalue weighted by Gasteiger charge is -2.27. The number of benzene rings is 2. The molecule has 6 nitrogen and oxygen atoms in total. The molecule has 5 rings (SSSR count). The second kappa shape index (κ2) is 5.72. The van der Waals surface area contributed by atoms with Crippen molar-refractivity contribution in [3.8, 4) is 0 Å². The number of thioether (sulfide) groups is 1. The van der Waals surface area contributed by atoms with E-state index in [1.165, 1.54) is 11.8 Å². The third-order valence-electron chi connectivity index (χ3n) is 4.38. The number of para-hydroxylation sites is 2. The van der Waals surface area contributed by atoms with E-state index < -0.39 is 5.54 Å². The van der Waals surface area contributed by atoms with E-state index in [0.29, 0.717) is 5.75 Å². The predicted octanol–water partition coefficient (Wildman–Crippen LogP) is 4.93. The molecular formula is C18H13N5OS2. The van der Waals surface area contributed by atoms with Crippen LogP contribution < -0.4 is 0 Å². The fourth-order valence-corrected chi connectivity index (χ4v) is 4.73. The zero-order valence-corrected chi connectivity index (χ0v) is 15.4. The van der Waals surface area contributed by atoms with Gasteiger partial charge in [0.25, 0.3) is 5.91 Å². The fraction of sp³-hybridized carbons (Fsp3) is 0.167. The molecule has 0 spiro atoms. The molecule has 0 aliphatic carbocycles. The summed E-state index contributed by atoms with van der Waals surface area (Å²) in [5.74, 6) is 0.420. The first-order valence-electron chi connectivity index (χ1n) is 8.05. The molecule has 0 amide bonds. The largest absolute Gasteiger partial charge is 0.271 e. The monoisotopic (exact) mass is 379 g/mol. The number of fused-ring (bicyclic) bond motifs is 4. The molecule has 8 heteroatoms. The van der Waals surface area contributed by atoms with Crippen molar-refractivity contribution in [3.63, 3.8) is 0 Å². The van der Waals surface area contributed by atoms with Crippen LogP contribution in [0.5, 0.6) is 0 Å². The molecule has 2 aromatic heterocycles. The van der Waals surface area contributed by atoms with Crippen molar-refractivity contribution in [2.75, 3.05) is 5.75 Å². The summed E-state index contributed by atoms with van der Waals surface area (Å²) < 4.78 is 2.72. The van der Waals surface area contributed by atoms with Gasteiger partial charge in [0.05, 0.1) is 32.4 Å². The first kappa shape index (κ1) is 15.7. The number of thiazole rings is 1. The summed E-state index contributed by atoms with van der Waals surface area (Å²) >= 11 is 3.09. The van der Waals surface area contributed by atoms with Gasteiger partial charge in [0.2, 0.25) is 0 Å². The van der Waals surface area contributed by atoms with Crippen molar-refractivity contribution < 1.29 is 4.79 Å². The van der Waals surface area contributed by atoms with Gasteiger partial charge in [-0.05, 0) is 37.3 Å². The summed E-state index contributed by atoms with van der Waals surface area (Å²) in [5, 5.41) is 9.51. The van der Waals surface area contributed by atoms with Crippen molar-refractivity contribution in [2.24, 2.45) is 10.2 Å². The van der Waals surface area contributed by atoms with Crippen LogP contribution in [0.2, 0.25) is 0 Å². The van der Waals surface area contributed by atoms with Gasteiger partial charge in [0.15, 0.2) is 10.7 Å². The SMILES string of the molecule is CC1(N=Nc2ccc3ncsc3c2)CSc2nc3ccccc3n2C1=O. The molecule has 128 valence electrons. The quantitative estimate of drug-likeness (QED) is 0.463. The molecule has 2 aromatic carbocycles. The molecule has 1 unspecified atom stereocenters. The molecule has 0 bridgehead atoms. The fourth-order valence-electron chi connectivity index (χ4n) is 2.95. The van der Waals surface area contributed by atoms with Crippen LogP contribution in [-0.4, -0.2) is 31.7 Å². The second-order valence-corrected chi connectivity index (χ2v) is 8.12. The first-order chi connectivity index (χ1) is 12.6. The number of aromatic nitrogens is 3. The number of hydrogen-bond donors (Lipinski definition) is 0. The Morgan fingerprint density at radius 3 is 3.00 bits per heavy atom. The van der Waals surface area contributed by atoms with Crippen LogP contribution in [0.15, 0.2) is 63.4 Å². The number of hydrogen-bond acceptors (Lipinski definition) is 7. The van der Waals surface area contributed by atoms with Crippen LogP contribution in [-0.2, 0) is 0 Å².